The second-order valence-electron chi connectivity index (χ2n) is 6.95. The lowest BCUT2D eigenvalue weighted by molar-refractivity contribution is 0.0383. The van der Waals surface area contributed by atoms with Crippen LogP contribution in [0, 0.1) is 6.92 Å². The topological polar surface area (TPSA) is 88.6 Å². The van der Waals surface area contributed by atoms with Crippen LogP contribution < -0.4 is 15.4 Å². The monoisotopic (exact) mass is 399 g/mol. The number of hydrogen-bond acceptors (Lipinski definition) is 7. The van der Waals surface area contributed by atoms with Crippen LogP contribution in [0.2, 0.25) is 0 Å². The lowest BCUT2D eigenvalue weighted by Gasteiger charge is -2.26. The van der Waals surface area contributed by atoms with E-state index in [9.17, 15) is 4.79 Å². The molecular formula is C21H29N5O3. The Morgan fingerprint density at radius 3 is 2.66 bits per heavy atom. The highest BCUT2D eigenvalue weighted by Crippen LogP contribution is 2.12. The molecule has 0 saturated carbocycles. The van der Waals surface area contributed by atoms with Gasteiger partial charge in [0.25, 0.3) is 5.91 Å². The first-order chi connectivity index (χ1) is 14.1. The van der Waals surface area contributed by atoms with Crippen LogP contribution in [0.1, 0.15) is 21.7 Å². The Balaban J connectivity index is 1.48. The van der Waals surface area contributed by atoms with Crippen molar-refractivity contribution in [3.8, 4) is 5.75 Å². The smallest absolute Gasteiger partial charge is 0.270 e. The Kier molecular flexibility index (Phi) is 7.77. The minimum atomic E-state index is -0.179. The van der Waals surface area contributed by atoms with Gasteiger partial charge >= 0.3 is 0 Å². The van der Waals surface area contributed by atoms with E-state index < -0.39 is 0 Å². The summed E-state index contributed by atoms with van der Waals surface area (Å²) in [7, 11) is 1.65. The number of anilines is 1. The van der Waals surface area contributed by atoms with Crippen LogP contribution in [0.3, 0.4) is 0 Å². The maximum atomic E-state index is 12.5. The van der Waals surface area contributed by atoms with Gasteiger partial charge in [-0.3, -0.25) is 9.69 Å². The molecule has 1 aromatic carbocycles. The third-order valence-corrected chi connectivity index (χ3v) is 4.76. The van der Waals surface area contributed by atoms with Gasteiger partial charge in [-0.15, -0.1) is 0 Å². The molecule has 3 rings (SSSR count). The Morgan fingerprint density at radius 2 is 1.93 bits per heavy atom. The first-order valence-electron chi connectivity index (χ1n) is 9.95. The average molecular weight is 399 g/mol. The summed E-state index contributed by atoms with van der Waals surface area (Å²) in [6.07, 6.45) is 0.822. The SMILES string of the molecule is COc1ccc(CCNc2nc(C)cc(C(=O)NCCN3CCOCC3)n2)cc1. The molecule has 0 spiro atoms. The number of aryl methyl sites for hydroxylation is 1. The molecule has 2 heterocycles. The van der Waals surface area contributed by atoms with E-state index in [0.29, 0.717) is 24.7 Å². The lowest BCUT2D eigenvalue weighted by atomic mass is 10.1. The van der Waals surface area contributed by atoms with E-state index in [0.717, 1.165) is 50.7 Å². The van der Waals surface area contributed by atoms with Crippen molar-refractivity contribution in [1.82, 2.24) is 20.2 Å². The molecule has 0 aliphatic carbocycles. The van der Waals surface area contributed by atoms with Crippen LogP contribution in [0.5, 0.6) is 5.75 Å². The van der Waals surface area contributed by atoms with Gasteiger partial charge < -0.3 is 20.1 Å². The van der Waals surface area contributed by atoms with Crippen LogP contribution in [0.4, 0.5) is 5.95 Å². The van der Waals surface area contributed by atoms with Crippen LogP contribution in [-0.2, 0) is 11.2 Å². The molecule has 156 valence electrons. The molecule has 0 unspecified atom stereocenters. The number of carbonyl (C=O) groups excluding carboxylic acids is 1. The minimum Gasteiger partial charge on any atom is -0.497 e. The third kappa shape index (κ3) is 6.69. The van der Waals surface area contributed by atoms with Crippen molar-refractivity contribution in [2.24, 2.45) is 0 Å². The molecule has 1 amide bonds. The number of nitrogens with one attached hydrogen (secondary N) is 2. The van der Waals surface area contributed by atoms with Crippen molar-refractivity contribution in [3.05, 3.63) is 47.3 Å². The summed E-state index contributed by atoms with van der Waals surface area (Å²) in [6.45, 7) is 7.26. The van der Waals surface area contributed by atoms with Gasteiger partial charge in [-0.25, -0.2) is 9.97 Å². The van der Waals surface area contributed by atoms with Gasteiger partial charge in [0.05, 0.1) is 20.3 Å². The lowest BCUT2D eigenvalue weighted by Crippen LogP contribution is -2.41. The number of amides is 1. The van der Waals surface area contributed by atoms with Crippen molar-refractivity contribution in [1.29, 1.82) is 0 Å². The van der Waals surface area contributed by atoms with E-state index in [1.165, 1.54) is 5.56 Å². The first kappa shape index (κ1) is 21.0. The van der Waals surface area contributed by atoms with E-state index in [2.05, 4.69) is 25.5 Å². The summed E-state index contributed by atoms with van der Waals surface area (Å²) in [5.74, 6) is 1.13. The molecular weight excluding hydrogens is 370 g/mol. The maximum absolute atomic E-state index is 12.5. The zero-order valence-corrected chi connectivity index (χ0v) is 17.1. The fraction of sp³-hybridized carbons (Fsp3) is 0.476. The summed E-state index contributed by atoms with van der Waals surface area (Å²) in [6, 6.07) is 9.66. The Hall–Kier alpha value is -2.71. The third-order valence-electron chi connectivity index (χ3n) is 4.76. The van der Waals surface area contributed by atoms with E-state index >= 15 is 0 Å². The highest BCUT2D eigenvalue weighted by Gasteiger charge is 2.13. The number of rotatable bonds is 9. The van der Waals surface area contributed by atoms with Gasteiger partial charge in [-0.2, -0.15) is 0 Å². The minimum absolute atomic E-state index is 0.179. The highest BCUT2D eigenvalue weighted by atomic mass is 16.5. The van der Waals surface area contributed by atoms with Gasteiger partial charge in [0.15, 0.2) is 0 Å². The molecule has 2 aromatic rings. The summed E-state index contributed by atoms with van der Waals surface area (Å²) < 4.78 is 10.5. The Bertz CT molecular complexity index is 791. The number of carbonyl (C=O) groups is 1. The number of ether oxygens (including phenoxy) is 2. The molecule has 0 atom stereocenters. The number of nitrogens with zero attached hydrogens (tertiary/aromatic N) is 3. The Labute approximate surface area is 171 Å². The summed E-state index contributed by atoms with van der Waals surface area (Å²) in [5.41, 5.74) is 2.32. The molecule has 1 aliphatic rings. The molecule has 8 nitrogen and oxygen atoms in total. The van der Waals surface area contributed by atoms with E-state index in [1.54, 1.807) is 13.2 Å². The van der Waals surface area contributed by atoms with Crippen LogP contribution in [0.25, 0.3) is 0 Å². The molecule has 0 radical (unpaired) electrons. The van der Waals surface area contributed by atoms with Crippen LogP contribution >= 0.6 is 0 Å². The number of morpholine rings is 1. The number of hydrogen-bond donors (Lipinski definition) is 2. The van der Waals surface area contributed by atoms with Gasteiger partial charge in [0.1, 0.15) is 11.4 Å². The molecule has 29 heavy (non-hydrogen) atoms. The second kappa shape index (κ2) is 10.7. The van der Waals surface area contributed by atoms with Gasteiger partial charge in [-0.1, -0.05) is 12.1 Å². The first-order valence-corrected chi connectivity index (χ1v) is 9.95. The molecule has 8 heteroatoms. The van der Waals surface area contributed by atoms with E-state index in [-0.39, 0.29) is 5.91 Å². The second-order valence-corrected chi connectivity index (χ2v) is 6.95. The van der Waals surface area contributed by atoms with Crippen molar-refractivity contribution in [3.63, 3.8) is 0 Å². The van der Waals surface area contributed by atoms with Crippen molar-refractivity contribution in [2.75, 3.05) is 58.4 Å². The van der Waals surface area contributed by atoms with Crippen LogP contribution in [-0.4, -0.2) is 73.8 Å². The predicted molar refractivity (Wildman–Crippen MR) is 112 cm³/mol. The van der Waals surface area contributed by atoms with Crippen molar-refractivity contribution in [2.45, 2.75) is 13.3 Å². The molecule has 1 aliphatic heterocycles. The number of aromatic nitrogens is 2. The summed E-state index contributed by atoms with van der Waals surface area (Å²) in [5, 5.41) is 6.15. The standard InChI is InChI=1S/C21H29N5O3/c1-16-15-19(20(27)22-9-10-26-11-13-29-14-12-26)25-21(24-16)23-8-7-17-3-5-18(28-2)6-4-17/h3-6,15H,7-14H2,1-2H3,(H,22,27)(H,23,24,25). The zero-order valence-electron chi connectivity index (χ0n) is 17.1. The number of methoxy groups -OCH3 is 1. The van der Waals surface area contributed by atoms with E-state index in [1.807, 2.05) is 31.2 Å². The largest absolute Gasteiger partial charge is 0.497 e. The zero-order chi connectivity index (χ0) is 20.5. The quantitative estimate of drug-likeness (QED) is 0.661. The van der Waals surface area contributed by atoms with Gasteiger partial charge in [0.2, 0.25) is 5.95 Å². The maximum Gasteiger partial charge on any atom is 0.270 e. The average Bonchev–Trinajstić information content (AvgIpc) is 2.74. The van der Waals surface area contributed by atoms with Gasteiger partial charge in [-0.05, 0) is 37.1 Å². The molecule has 1 fully saturated rings. The fourth-order valence-electron chi connectivity index (χ4n) is 3.12. The fourth-order valence-corrected chi connectivity index (χ4v) is 3.12. The summed E-state index contributed by atoms with van der Waals surface area (Å²) >= 11 is 0. The van der Waals surface area contributed by atoms with Crippen LogP contribution in [0.15, 0.2) is 30.3 Å². The molecule has 1 aromatic heterocycles. The van der Waals surface area contributed by atoms with Crippen molar-refractivity contribution >= 4 is 11.9 Å². The number of benzene rings is 1. The predicted octanol–water partition coefficient (Wildman–Crippen LogP) is 1.51. The molecule has 2 N–H and O–H groups in total. The van der Waals surface area contributed by atoms with E-state index in [4.69, 9.17) is 9.47 Å². The molecule has 0 bridgehead atoms. The molecule has 1 saturated heterocycles. The Morgan fingerprint density at radius 1 is 1.17 bits per heavy atom. The van der Waals surface area contributed by atoms with Gasteiger partial charge in [0, 0.05) is 38.4 Å². The normalized spacial score (nSPS) is 14.4. The summed E-state index contributed by atoms with van der Waals surface area (Å²) in [4.78, 5) is 23.5. The highest BCUT2D eigenvalue weighted by molar-refractivity contribution is 5.92. The van der Waals surface area contributed by atoms with Crippen molar-refractivity contribution < 1.29 is 14.3 Å².